The number of carbonyl (C=O) groups is 5. The monoisotopic (exact) mass is 1480 g/mol. The zero-order valence-electron chi connectivity index (χ0n) is 60.8. The molecule has 0 aromatic carbocycles. The molecule has 574 valence electrons. The molecule has 3 aromatic heterocycles. The summed E-state index contributed by atoms with van der Waals surface area (Å²) in [6, 6.07) is -3.08. The summed E-state index contributed by atoms with van der Waals surface area (Å²) in [6.45, 7) is 32.6. The van der Waals surface area contributed by atoms with Gasteiger partial charge < -0.3 is 66.5 Å². The minimum absolute atomic E-state index is 0.120. The van der Waals surface area contributed by atoms with Crippen LogP contribution in [0.5, 0.6) is 0 Å². The van der Waals surface area contributed by atoms with Gasteiger partial charge in [0, 0.05) is 72.0 Å². The van der Waals surface area contributed by atoms with Crippen LogP contribution in [0.3, 0.4) is 0 Å². The molecule has 9 aliphatic rings. The van der Waals surface area contributed by atoms with Crippen LogP contribution >= 0.6 is 0 Å². The highest BCUT2D eigenvalue weighted by Crippen LogP contribution is 2.42. The van der Waals surface area contributed by atoms with Crippen molar-refractivity contribution in [2.24, 2.45) is 11.8 Å². The van der Waals surface area contributed by atoms with Crippen LogP contribution in [0.1, 0.15) is 221 Å². The predicted octanol–water partition coefficient (Wildman–Crippen LogP) is 7.08. The van der Waals surface area contributed by atoms with Crippen LogP contribution in [0.15, 0.2) is 13.3 Å². The van der Waals surface area contributed by atoms with Crippen molar-refractivity contribution in [2.75, 3.05) is 113 Å². The highest BCUT2D eigenvalue weighted by atomic mass is 32.3. The quantitative estimate of drug-likeness (QED) is 0.0265. The van der Waals surface area contributed by atoms with Gasteiger partial charge in [-0.15, -0.1) is 19.6 Å². The number of unbranched alkanes of at least 4 members (excludes halogenated alkanes) is 4. The molecule has 3 N–H and O–H groups in total. The maximum absolute atomic E-state index is 12.5. The van der Waals surface area contributed by atoms with Crippen LogP contribution in [0.2, 0.25) is 0 Å². The van der Waals surface area contributed by atoms with Crippen molar-refractivity contribution in [2.45, 2.75) is 232 Å². The van der Waals surface area contributed by atoms with Crippen molar-refractivity contribution in [3.8, 4) is 0 Å². The number of anilines is 3. The van der Waals surface area contributed by atoms with Gasteiger partial charge in [0.1, 0.15) is 29.3 Å². The van der Waals surface area contributed by atoms with E-state index in [9.17, 15) is 50.6 Å². The van der Waals surface area contributed by atoms with Gasteiger partial charge >= 0.3 is 58.5 Å². The van der Waals surface area contributed by atoms with E-state index in [2.05, 4.69) is 72.2 Å². The van der Waals surface area contributed by atoms with Crippen LogP contribution in [0.25, 0.3) is 0 Å². The molecule has 6 atom stereocenters. The first-order valence-electron chi connectivity index (χ1n) is 36.4. The second kappa shape index (κ2) is 34.4. The maximum Gasteiger partial charge on any atom is 0.418 e. The molecule has 12 heterocycles. The second-order valence-corrected chi connectivity index (χ2v) is 31.7. The first kappa shape index (κ1) is 79.3. The molecule has 0 saturated carbocycles. The van der Waals surface area contributed by atoms with Crippen molar-refractivity contribution in [3.63, 3.8) is 0 Å². The summed E-state index contributed by atoms with van der Waals surface area (Å²) in [5, 5.41) is 39.8. The van der Waals surface area contributed by atoms with Crippen molar-refractivity contribution in [1.29, 1.82) is 0 Å². The lowest BCUT2D eigenvalue weighted by molar-refractivity contribution is -0.929. The van der Waals surface area contributed by atoms with Gasteiger partial charge in [-0.1, -0.05) is 68.7 Å². The number of urea groups is 3. The normalized spacial score (nSPS) is 23.7. The van der Waals surface area contributed by atoms with Crippen LogP contribution in [-0.4, -0.2) is 254 Å². The number of quaternary nitrogens is 1. The number of hydroxylamine groups is 6. The molecule has 0 radical (unpaired) electrons. The van der Waals surface area contributed by atoms with Crippen LogP contribution in [0, 0.1) is 11.8 Å². The zero-order chi connectivity index (χ0) is 73.9. The number of esters is 2. The molecule has 0 unspecified atom stereocenters. The molecule has 12 rings (SSSR count). The molecule has 0 spiro atoms. The Morgan fingerprint density at radius 3 is 1.19 bits per heavy atom. The third kappa shape index (κ3) is 20.8. The summed E-state index contributed by atoms with van der Waals surface area (Å²) >= 11 is 0. The number of hydrogen-bond acceptors (Lipinski definition) is 28. The van der Waals surface area contributed by atoms with Gasteiger partial charge in [-0.3, -0.25) is 19.3 Å². The molecule has 102 heavy (non-hydrogen) atoms. The fourth-order valence-corrected chi connectivity index (χ4v) is 15.2. The van der Waals surface area contributed by atoms with Gasteiger partial charge in [0.05, 0.1) is 56.1 Å². The number of rotatable bonds is 24. The smallest absolute Gasteiger partial charge is 0.418 e. The number of fused-ring (bicyclic) bond motifs is 6. The Morgan fingerprint density at radius 1 is 0.510 bits per heavy atom. The summed E-state index contributed by atoms with van der Waals surface area (Å²) in [5.74, 6) is 0.267. The summed E-state index contributed by atoms with van der Waals surface area (Å²) in [7, 11) is -9.81. The lowest BCUT2D eigenvalue weighted by Crippen LogP contribution is -2.50. The number of nitrogens with one attached hydrogen (secondary N) is 1. The average molecular weight is 1480 g/mol. The van der Waals surface area contributed by atoms with Gasteiger partial charge in [0.15, 0.2) is 0 Å². The molecule has 9 saturated heterocycles. The molecule has 38 heteroatoms. The zero-order valence-corrected chi connectivity index (χ0v) is 62.4. The third-order valence-corrected chi connectivity index (χ3v) is 20.5. The van der Waals surface area contributed by atoms with E-state index in [1.165, 1.54) is 91.8 Å². The molecule has 3 aromatic rings. The Kier molecular flexibility index (Phi) is 26.8. The molecular formula is C64H107N17O19S2. The van der Waals surface area contributed by atoms with Gasteiger partial charge in [-0.05, 0) is 131 Å². The lowest BCUT2D eigenvalue weighted by atomic mass is 9.97. The minimum Gasteiger partial charge on any atom is -0.724 e. The summed E-state index contributed by atoms with van der Waals surface area (Å²) in [6.07, 6.45) is 16.9. The standard InChI is InChI=1S/C18H27N5O8S.C18H27N5O5.C16H36N.C12H18N6O6S/c1-18(2,3)30-15(24)11-6-8-21(9-7-11)16-20-19-14(29-16)13-5-4-12-10-22(13)17(25)23(12)31-32(26,27)28;1-18(2,3)28-15(24)11-6-8-21(9-7-11)16-20-19-14(27-16)13-5-4-12-10-22(13)17(25)23(12)26;1-5-9-13-17(14-10-6-2,15-11-7-3)16-12-8-4;19-12-17-7-8(18(12)24-25(20,21)22)1-2-9(17)10-14-15-11(23-10)16-5-3-13-4-6-16/h11-13H,4-10H2,1-3H3,(H,26,27,28);11-13,26H,4-10H2,1-3H3;5-16H2,1-4H3;8-9,13H,1-7H2,(H,20,21,22)/q;;+1;/p-1/t2*12-,13+;;8-,9+/m11.1/s1. The van der Waals surface area contributed by atoms with E-state index < -0.39 is 74.3 Å². The number of carbonyl (C=O) groups excluding carboxylic acids is 5. The average Bonchev–Trinajstić information content (AvgIpc) is 1.63. The van der Waals surface area contributed by atoms with Crippen molar-refractivity contribution in [1.82, 2.24) is 65.8 Å². The molecule has 9 fully saturated rings. The SMILES string of the molecule is CC(C)(C)OC(=O)C1CCN(c2nnc([C@@H]3CC[C@@H]4CN3C(=O)N4O)o2)CC1.CC(C)(C)OC(=O)C1CCN(c2nnc([C@@H]3CC[C@@H]4CN3C(=O)N4OS(=O)(=O)[O-])o2)CC1.CCCC[N+](CCCC)(CCCC)CCCC.O=C1N2C[C@@H](CC[C@H]2c2nnc(N3CCNCC3)o2)N1OS(=O)(=O)O. The molecule has 9 aliphatic heterocycles. The molecular weight excluding hydrogens is 1370 g/mol. The molecule has 36 nitrogen and oxygen atoms in total. The first-order chi connectivity index (χ1) is 48.3. The van der Waals surface area contributed by atoms with Crippen LogP contribution < -0.4 is 20.0 Å². The van der Waals surface area contributed by atoms with E-state index in [1.54, 1.807) is 4.90 Å². The predicted molar refractivity (Wildman–Crippen MR) is 363 cm³/mol. The van der Waals surface area contributed by atoms with Gasteiger partial charge in [-0.2, -0.15) is 22.8 Å². The number of amides is 6. The Bertz CT molecular complexity index is 3450. The Morgan fingerprint density at radius 2 is 0.843 bits per heavy atom. The minimum atomic E-state index is -5.06. The number of piperidine rings is 5. The van der Waals surface area contributed by atoms with E-state index in [-0.39, 0.29) is 54.8 Å². The largest absolute Gasteiger partial charge is 0.724 e. The van der Waals surface area contributed by atoms with Gasteiger partial charge in [0.2, 0.25) is 28.1 Å². The number of piperazine rings is 1. The number of ether oxygens (including phenoxy) is 2. The van der Waals surface area contributed by atoms with E-state index in [0.717, 1.165) is 31.2 Å². The molecule has 0 aliphatic carbocycles. The summed E-state index contributed by atoms with van der Waals surface area (Å²) in [4.78, 5) is 71.8. The van der Waals surface area contributed by atoms with E-state index >= 15 is 0 Å². The number of aromatic nitrogens is 6. The van der Waals surface area contributed by atoms with Gasteiger partial charge in [0.25, 0.3) is 0 Å². The van der Waals surface area contributed by atoms with E-state index in [1.807, 2.05) is 56.2 Å². The Hall–Kier alpha value is -6.81. The van der Waals surface area contributed by atoms with Crippen molar-refractivity contribution in [3.05, 3.63) is 17.7 Å². The van der Waals surface area contributed by atoms with Crippen molar-refractivity contribution < 1.29 is 90.9 Å². The molecule has 6 bridgehead atoms. The fourth-order valence-electron chi connectivity index (χ4n) is 14.4. The van der Waals surface area contributed by atoms with Crippen LogP contribution in [-0.2, 0) is 48.4 Å². The molecule has 6 amide bonds. The number of hydrogen-bond donors (Lipinski definition) is 3. The Balaban J connectivity index is 0.000000162. The number of nitrogens with zero attached hydrogens (tertiary/aromatic N) is 16. The fraction of sp³-hybridized carbons (Fsp3) is 0.828. The third-order valence-electron chi connectivity index (χ3n) is 19.8. The highest BCUT2D eigenvalue weighted by Gasteiger charge is 2.52. The summed E-state index contributed by atoms with van der Waals surface area (Å²) in [5.41, 5.74) is -1.01. The second-order valence-electron chi connectivity index (χ2n) is 29.8. The Labute approximate surface area is 597 Å². The van der Waals surface area contributed by atoms with Crippen molar-refractivity contribution >= 4 is 68.9 Å². The lowest BCUT2D eigenvalue weighted by Gasteiger charge is -2.39. The van der Waals surface area contributed by atoms with E-state index in [4.69, 9.17) is 27.3 Å². The highest BCUT2D eigenvalue weighted by molar-refractivity contribution is 7.81. The van der Waals surface area contributed by atoms with Gasteiger partial charge in [-0.25, -0.2) is 27.9 Å². The summed E-state index contributed by atoms with van der Waals surface area (Å²) < 4.78 is 102. The first-order valence-corrected chi connectivity index (χ1v) is 39.1. The van der Waals surface area contributed by atoms with Crippen LogP contribution in [0.4, 0.5) is 32.4 Å². The maximum atomic E-state index is 12.5. The topological polar surface area (TPSA) is 412 Å². The van der Waals surface area contributed by atoms with E-state index in [0.29, 0.717) is 137 Å².